The van der Waals surface area contributed by atoms with Gasteiger partial charge in [-0.2, -0.15) is 0 Å². The van der Waals surface area contributed by atoms with Gasteiger partial charge in [-0.1, -0.05) is 29.8 Å². The Labute approximate surface area is 117 Å². The lowest BCUT2D eigenvalue weighted by molar-refractivity contribution is 0.101. The highest BCUT2D eigenvalue weighted by atomic mass is 35.5. The summed E-state index contributed by atoms with van der Waals surface area (Å²) in [6, 6.07) is 14.7. The first-order valence-electron chi connectivity index (χ1n) is 5.89. The molecular formula is C15H14ClNO2. The van der Waals surface area contributed by atoms with E-state index in [9.17, 15) is 4.79 Å². The standard InChI is InChI=1S/C15H14ClNO2/c1-11(18)14-8-7-12(9-15(14)16)17-10-19-13-5-3-2-4-6-13/h2-9,17H,10H2,1H3. The molecule has 0 amide bonds. The molecule has 0 aliphatic carbocycles. The number of nitrogens with one attached hydrogen (secondary N) is 1. The van der Waals surface area contributed by atoms with Gasteiger partial charge in [0.1, 0.15) is 5.75 Å². The molecule has 0 heterocycles. The van der Waals surface area contributed by atoms with E-state index in [1.54, 1.807) is 18.2 Å². The maximum atomic E-state index is 11.2. The van der Waals surface area contributed by atoms with Crippen molar-refractivity contribution >= 4 is 23.1 Å². The molecule has 2 aromatic rings. The van der Waals surface area contributed by atoms with Crippen LogP contribution in [0.15, 0.2) is 48.5 Å². The van der Waals surface area contributed by atoms with Gasteiger partial charge in [-0.25, -0.2) is 0 Å². The van der Waals surface area contributed by atoms with Gasteiger partial charge in [0.15, 0.2) is 12.5 Å². The second kappa shape index (κ2) is 6.25. The zero-order valence-corrected chi connectivity index (χ0v) is 11.3. The fourth-order valence-electron chi connectivity index (χ4n) is 1.63. The lowest BCUT2D eigenvalue weighted by Crippen LogP contribution is -2.09. The summed E-state index contributed by atoms with van der Waals surface area (Å²) in [7, 11) is 0. The van der Waals surface area contributed by atoms with Crippen molar-refractivity contribution in [3.8, 4) is 5.75 Å². The molecule has 1 N–H and O–H groups in total. The van der Waals surface area contributed by atoms with Crippen molar-refractivity contribution in [2.24, 2.45) is 0 Å². The molecule has 0 fully saturated rings. The number of carbonyl (C=O) groups excluding carboxylic acids is 1. The Morgan fingerprint density at radius 2 is 1.95 bits per heavy atom. The third kappa shape index (κ3) is 3.73. The summed E-state index contributed by atoms with van der Waals surface area (Å²) >= 11 is 6.02. The van der Waals surface area contributed by atoms with E-state index < -0.39 is 0 Å². The summed E-state index contributed by atoms with van der Waals surface area (Å²) < 4.78 is 5.51. The van der Waals surface area contributed by atoms with E-state index in [0.29, 0.717) is 17.3 Å². The summed E-state index contributed by atoms with van der Waals surface area (Å²) in [5.41, 5.74) is 1.34. The summed E-state index contributed by atoms with van der Waals surface area (Å²) in [5, 5.41) is 3.52. The first-order chi connectivity index (χ1) is 9.16. The first-order valence-corrected chi connectivity index (χ1v) is 6.27. The Morgan fingerprint density at radius 3 is 2.58 bits per heavy atom. The van der Waals surface area contributed by atoms with Crippen molar-refractivity contribution in [1.82, 2.24) is 0 Å². The normalized spacial score (nSPS) is 10.0. The second-order valence-corrected chi connectivity index (χ2v) is 4.44. The van der Waals surface area contributed by atoms with E-state index in [2.05, 4.69) is 5.32 Å². The Bertz CT molecular complexity index is 570. The van der Waals surface area contributed by atoms with Gasteiger partial charge in [0.05, 0.1) is 5.02 Å². The van der Waals surface area contributed by atoms with Crippen molar-refractivity contribution in [2.75, 3.05) is 12.0 Å². The predicted octanol–water partition coefficient (Wildman–Crippen LogP) is 3.99. The van der Waals surface area contributed by atoms with Gasteiger partial charge in [0.2, 0.25) is 0 Å². The molecule has 3 nitrogen and oxygen atoms in total. The third-order valence-electron chi connectivity index (χ3n) is 2.61. The molecule has 98 valence electrons. The molecular weight excluding hydrogens is 262 g/mol. The zero-order valence-electron chi connectivity index (χ0n) is 10.5. The molecule has 0 unspecified atom stereocenters. The van der Waals surface area contributed by atoms with Crippen LogP contribution in [0.1, 0.15) is 17.3 Å². The Balaban J connectivity index is 1.93. The Morgan fingerprint density at radius 1 is 1.21 bits per heavy atom. The van der Waals surface area contributed by atoms with E-state index in [0.717, 1.165) is 11.4 Å². The predicted molar refractivity (Wildman–Crippen MR) is 77.0 cm³/mol. The molecule has 19 heavy (non-hydrogen) atoms. The van der Waals surface area contributed by atoms with Crippen LogP contribution in [0.2, 0.25) is 5.02 Å². The van der Waals surface area contributed by atoms with Crippen LogP contribution in [0, 0.1) is 0 Å². The van der Waals surface area contributed by atoms with Crippen molar-refractivity contribution in [3.05, 3.63) is 59.1 Å². The van der Waals surface area contributed by atoms with Crippen LogP contribution in [-0.2, 0) is 0 Å². The first kappa shape index (κ1) is 13.4. The van der Waals surface area contributed by atoms with Crippen LogP contribution in [0.4, 0.5) is 5.69 Å². The SMILES string of the molecule is CC(=O)c1ccc(NCOc2ccccc2)cc1Cl. The Hall–Kier alpha value is -2.00. The van der Waals surface area contributed by atoms with E-state index in [4.69, 9.17) is 16.3 Å². The molecule has 0 aliphatic rings. The smallest absolute Gasteiger partial charge is 0.161 e. The number of rotatable bonds is 5. The molecule has 0 aliphatic heterocycles. The number of Topliss-reactive ketones (excluding diaryl/α,β-unsaturated/α-hetero) is 1. The lowest BCUT2D eigenvalue weighted by Gasteiger charge is -2.10. The van der Waals surface area contributed by atoms with Crippen LogP contribution in [0.5, 0.6) is 5.75 Å². The van der Waals surface area contributed by atoms with Crippen LogP contribution >= 0.6 is 11.6 Å². The molecule has 0 aromatic heterocycles. The quantitative estimate of drug-likeness (QED) is 0.662. The molecule has 0 atom stereocenters. The largest absolute Gasteiger partial charge is 0.473 e. The minimum atomic E-state index is -0.0444. The number of para-hydroxylation sites is 1. The fraction of sp³-hybridized carbons (Fsp3) is 0.133. The third-order valence-corrected chi connectivity index (χ3v) is 2.92. The van der Waals surface area contributed by atoms with E-state index in [1.807, 2.05) is 30.3 Å². The van der Waals surface area contributed by atoms with Crippen LogP contribution in [0.25, 0.3) is 0 Å². The average molecular weight is 276 g/mol. The zero-order chi connectivity index (χ0) is 13.7. The summed E-state index contributed by atoms with van der Waals surface area (Å²) in [6.07, 6.45) is 0. The minimum Gasteiger partial charge on any atom is -0.473 e. The van der Waals surface area contributed by atoms with Gasteiger partial charge in [0, 0.05) is 11.3 Å². The number of hydrogen-bond donors (Lipinski definition) is 1. The number of ether oxygens (including phenoxy) is 1. The summed E-state index contributed by atoms with van der Waals surface area (Å²) in [5.74, 6) is 0.749. The van der Waals surface area contributed by atoms with Gasteiger partial charge in [-0.05, 0) is 37.3 Å². The number of ketones is 1. The maximum absolute atomic E-state index is 11.2. The number of carbonyl (C=O) groups is 1. The topological polar surface area (TPSA) is 38.3 Å². The van der Waals surface area contributed by atoms with Gasteiger partial charge < -0.3 is 10.1 Å². The average Bonchev–Trinajstić information content (AvgIpc) is 2.39. The number of hydrogen-bond acceptors (Lipinski definition) is 3. The molecule has 0 radical (unpaired) electrons. The van der Waals surface area contributed by atoms with E-state index in [1.165, 1.54) is 6.92 Å². The molecule has 0 spiro atoms. The monoisotopic (exact) mass is 275 g/mol. The van der Waals surface area contributed by atoms with Gasteiger partial charge >= 0.3 is 0 Å². The summed E-state index contributed by atoms with van der Waals surface area (Å²) in [6.45, 7) is 1.83. The van der Waals surface area contributed by atoms with E-state index >= 15 is 0 Å². The molecule has 2 aromatic carbocycles. The van der Waals surface area contributed by atoms with Gasteiger partial charge in [-0.15, -0.1) is 0 Å². The van der Waals surface area contributed by atoms with Gasteiger partial charge in [0.25, 0.3) is 0 Å². The lowest BCUT2D eigenvalue weighted by atomic mass is 10.1. The van der Waals surface area contributed by atoms with Crippen molar-refractivity contribution < 1.29 is 9.53 Å². The van der Waals surface area contributed by atoms with Crippen LogP contribution in [-0.4, -0.2) is 12.5 Å². The van der Waals surface area contributed by atoms with Crippen molar-refractivity contribution in [1.29, 1.82) is 0 Å². The Kier molecular flexibility index (Phi) is 4.42. The summed E-state index contributed by atoms with van der Waals surface area (Å²) in [4.78, 5) is 11.2. The number of halogens is 1. The van der Waals surface area contributed by atoms with Gasteiger partial charge in [-0.3, -0.25) is 4.79 Å². The molecule has 2 rings (SSSR count). The van der Waals surface area contributed by atoms with Crippen molar-refractivity contribution in [2.45, 2.75) is 6.92 Å². The minimum absolute atomic E-state index is 0.0444. The fourth-order valence-corrected chi connectivity index (χ4v) is 1.94. The molecule has 0 saturated heterocycles. The van der Waals surface area contributed by atoms with Crippen molar-refractivity contribution in [3.63, 3.8) is 0 Å². The molecule has 0 saturated carbocycles. The number of anilines is 1. The highest BCUT2D eigenvalue weighted by Crippen LogP contribution is 2.21. The molecule has 0 bridgehead atoms. The van der Waals surface area contributed by atoms with Crippen LogP contribution < -0.4 is 10.1 Å². The number of benzene rings is 2. The highest BCUT2D eigenvalue weighted by Gasteiger charge is 2.05. The van der Waals surface area contributed by atoms with Crippen LogP contribution in [0.3, 0.4) is 0 Å². The maximum Gasteiger partial charge on any atom is 0.161 e. The van der Waals surface area contributed by atoms with E-state index in [-0.39, 0.29) is 5.78 Å². The highest BCUT2D eigenvalue weighted by molar-refractivity contribution is 6.34. The second-order valence-electron chi connectivity index (χ2n) is 4.03. The molecule has 4 heteroatoms.